The van der Waals surface area contributed by atoms with E-state index >= 15 is 0 Å². The van der Waals surface area contributed by atoms with Crippen LogP contribution in [0.2, 0.25) is 0 Å². The van der Waals surface area contributed by atoms with Gasteiger partial charge in [0.15, 0.2) is 11.5 Å². The monoisotopic (exact) mass is 454 g/mol. The van der Waals surface area contributed by atoms with Crippen molar-refractivity contribution in [2.75, 3.05) is 26.2 Å². The molecular formula is C21H28BrFN2O3. The van der Waals surface area contributed by atoms with E-state index in [2.05, 4.69) is 26.6 Å². The van der Waals surface area contributed by atoms with Gasteiger partial charge in [0.05, 0.1) is 17.2 Å². The van der Waals surface area contributed by atoms with Crippen LogP contribution in [0.15, 0.2) is 40.9 Å². The smallest absolute Gasteiger partial charge is 0.175 e. The van der Waals surface area contributed by atoms with E-state index in [1.54, 1.807) is 19.1 Å². The minimum absolute atomic E-state index is 0.266. The highest BCUT2D eigenvalue weighted by Gasteiger charge is 2.13. The van der Waals surface area contributed by atoms with Crippen LogP contribution in [-0.2, 0) is 13.2 Å². The molecule has 2 aromatic carbocycles. The Kier molecular flexibility index (Phi) is 9.70. The highest BCUT2D eigenvalue weighted by Crippen LogP contribution is 2.37. The molecule has 154 valence electrons. The van der Waals surface area contributed by atoms with Crippen molar-refractivity contribution in [3.63, 3.8) is 0 Å². The molecule has 2 aromatic rings. The first kappa shape index (κ1) is 22.6. The Balaban J connectivity index is 1.95. The van der Waals surface area contributed by atoms with E-state index in [1.807, 2.05) is 19.1 Å². The summed E-state index contributed by atoms with van der Waals surface area (Å²) in [5, 5.41) is 15.7. The molecule has 0 amide bonds. The zero-order valence-corrected chi connectivity index (χ0v) is 17.9. The van der Waals surface area contributed by atoms with E-state index in [0.29, 0.717) is 37.8 Å². The molecule has 0 aliphatic carbocycles. The number of ether oxygens (including phenoxy) is 2. The Hall–Kier alpha value is -1.67. The van der Waals surface area contributed by atoms with Crippen molar-refractivity contribution in [2.45, 2.75) is 33.1 Å². The molecule has 28 heavy (non-hydrogen) atoms. The van der Waals surface area contributed by atoms with E-state index in [4.69, 9.17) is 9.47 Å². The molecule has 0 spiro atoms. The normalized spacial score (nSPS) is 12.0. The van der Waals surface area contributed by atoms with Gasteiger partial charge in [-0.3, -0.25) is 0 Å². The van der Waals surface area contributed by atoms with Gasteiger partial charge in [-0.1, -0.05) is 12.1 Å². The summed E-state index contributed by atoms with van der Waals surface area (Å²) < 4.78 is 25.5. The molecule has 7 heteroatoms. The van der Waals surface area contributed by atoms with E-state index in [9.17, 15) is 9.50 Å². The van der Waals surface area contributed by atoms with E-state index in [1.165, 1.54) is 12.1 Å². The zero-order chi connectivity index (χ0) is 20.4. The molecule has 0 unspecified atom stereocenters. The van der Waals surface area contributed by atoms with Gasteiger partial charge in [-0.15, -0.1) is 0 Å². The molecule has 0 bridgehead atoms. The van der Waals surface area contributed by atoms with Gasteiger partial charge in [0.2, 0.25) is 0 Å². The first-order valence-corrected chi connectivity index (χ1v) is 10.2. The lowest BCUT2D eigenvalue weighted by Crippen LogP contribution is -2.31. The Morgan fingerprint density at radius 1 is 1.07 bits per heavy atom. The van der Waals surface area contributed by atoms with Crippen molar-refractivity contribution in [1.29, 1.82) is 0 Å². The third-order valence-electron chi connectivity index (χ3n) is 3.91. The lowest BCUT2D eigenvalue weighted by molar-refractivity contribution is 0.191. The number of nitrogens with one attached hydrogen (secondary N) is 2. The van der Waals surface area contributed by atoms with Gasteiger partial charge in [0.1, 0.15) is 12.4 Å². The number of hydrogen-bond donors (Lipinski definition) is 3. The summed E-state index contributed by atoms with van der Waals surface area (Å²) in [7, 11) is 0. The molecule has 0 radical (unpaired) electrons. The molecule has 0 heterocycles. The van der Waals surface area contributed by atoms with Crippen LogP contribution >= 0.6 is 15.9 Å². The van der Waals surface area contributed by atoms with E-state index in [-0.39, 0.29) is 11.9 Å². The highest BCUT2D eigenvalue weighted by molar-refractivity contribution is 9.10. The fraction of sp³-hybridized carbons (Fsp3) is 0.429. The summed E-state index contributed by atoms with van der Waals surface area (Å²) in [6.07, 6.45) is -0.341. The zero-order valence-electron chi connectivity index (χ0n) is 16.3. The standard InChI is InChI=1S/C21H28BrFN2O3/c1-3-27-20-11-17(13-25-9-8-24-12-15(2)26)10-19(22)21(20)28-14-16-4-6-18(23)7-5-16/h4-7,10-11,15,24-26H,3,8-9,12-14H2,1-2H3/t15-/m0/s1. The molecule has 3 N–H and O–H groups in total. The molecule has 0 aromatic heterocycles. The molecule has 0 aliphatic heterocycles. The van der Waals surface area contributed by atoms with Gasteiger partial charge in [0, 0.05) is 26.2 Å². The first-order chi connectivity index (χ1) is 13.5. The summed E-state index contributed by atoms with van der Waals surface area (Å²) >= 11 is 3.57. The van der Waals surface area contributed by atoms with E-state index in [0.717, 1.165) is 28.7 Å². The number of aliphatic hydroxyl groups is 1. The fourth-order valence-corrected chi connectivity index (χ4v) is 3.19. The van der Waals surface area contributed by atoms with Crippen molar-refractivity contribution >= 4 is 15.9 Å². The van der Waals surface area contributed by atoms with Crippen LogP contribution in [0.5, 0.6) is 11.5 Å². The minimum Gasteiger partial charge on any atom is -0.490 e. The van der Waals surface area contributed by atoms with Crippen LogP contribution in [0.4, 0.5) is 4.39 Å². The van der Waals surface area contributed by atoms with Crippen LogP contribution in [0.1, 0.15) is 25.0 Å². The third-order valence-corrected chi connectivity index (χ3v) is 4.50. The second kappa shape index (κ2) is 12.0. The summed E-state index contributed by atoms with van der Waals surface area (Å²) in [6.45, 7) is 7.38. The predicted molar refractivity (Wildman–Crippen MR) is 112 cm³/mol. The van der Waals surface area contributed by atoms with Crippen molar-refractivity contribution in [3.05, 3.63) is 57.8 Å². The largest absolute Gasteiger partial charge is 0.490 e. The number of hydrogen-bond acceptors (Lipinski definition) is 5. The van der Waals surface area contributed by atoms with Gasteiger partial charge in [-0.2, -0.15) is 0 Å². The van der Waals surface area contributed by atoms with Gasteiger partial charge >= 0.3 is 0 Å². The van der Waals surface area contributed by atoms with Crippen LogP contribution in [0.3, 0.4) is 0 Å². The first-order valence-electron chi connectivity index (χ1n) is 9.41. The Labute approximate surface area is 174 Å². The lowest BCUT2D eigenvalue weighted by atomic mass is 10.2. The Bertz CT molecular complexity index is 726. The summed E-state index contributed by atoms with van der Waals surface area (Å²) in [6, 6.07) is 10.2. The Morgan fingerprint density at radius 3 is 2.46 bits per heavy atom. The van der Waals surface area contributed by atoms with Crippen molar-refractivity contribution < 1.29 is 19.0 Å². The van der Waals surface area contributed by atoms with Crippen LogP contribution in [-0.4, -0.2) is 37.5 Å². The summed E-state index contributed by atoms with van der Waals surface area (Å²) in [4.78, 5) is 0. The van der Waals surface area contributed by atoms with Crippen LogP contribution in [0.25, 0.3) is 0 Å². The maximum Gasteiger partial charge on any atom is 0.175 e. The number of aliphatic hydroxyl groups excluding tert-OH is 1. The maximum atomic E-state index is 13.0. The van der Waals surface area contributed by atoms with Crippen molar-refractivity contribution in [3.8, 4) is 11.5 Å². The Morgan fingerprint density at radius 2 is 1.79 bits per heavy atom. The van der Waals surface area contributed by atoms with Gasteiger partial charge in [0.25, 0.3) is 0 Å². The minimum atomic E-state index is -0.341. The second-order valence-corrected chi connectivity index (χ2v) is 7.34. The quantitative estimate of drug-likeness (QED) is 0.427. The van der Waals surface area contributed by atoms with Gasteiger partial charge < -0.3 is 25.2 Å². The molecule has 0 saturated carbocycles. The third kappa shape index (κ3) is 7.75. The van der Waals surface area contributed by atoms with Crippen LogP contribution in [0, 0.1) is 5.82 Å². The van der Waals surface area contributed by atoms with Crippen LogP contribution < -0.4 is 20.1 Å². The SMILES string of the molecule is CCOc1cc(CNCCNC[C@H](C)O)cc(Br)c1OCc1ccc(F)cc1. The predicted octanol–water partition coefficient (Wildman–Crippen LogP) is 3.63. The molecule has 1 atom stereocenters. The highest BCUT2D eigenvalue weighted by atomic mass is 79.9. The topological polar surface area (TPSA) is 62.8 Å². The number of halogens is 2. The molecular weight excluding hydrogens is 427 g/mol. The summed E-state index contributed by atoms with van der Waals surface area (Å²) in [5.41, 5.74) is 1.95. The van der Waals surface area contributed by atoms with Gasteiger partial charge in [-0.25, -0.2) is 4.39 Å². The van der Waals surface area contributed by atoms with Crippen molar-refractivity contribution in [1.82, 2.24) is 10.6 Å². The molecule has 0 fully saturated rings. The average Bonchev–Trinajstić information content (AvgIpc) is 2.65. The number of rotatable bonds is 12. The maximum absolute atomic E-state index is 13.0. The average molecular weight is 455 g/mol. The molecule has 0 aliphatic rings. The molecule has 0 saturated heterocycles. The van der Waals surface area contributed by atoms with Crippen molar-refractivity contribution in [2.24, 2.45) is 0 Å². The van der Waals surface area contributed by atoms with Gasteiger partial charge in [-0.05, 0) is 65.2 Å². The summed E-state index contributed by atoms with van der Waals surface area (Å²) in [5.74, 6) is 1.04. The molecule has 2 rings (SSSR count). The number of benzene rings is 2. The lowest BCUT2D eigenvalue weighted by Gasteiger charge is -2.16. The molecule has 5 nitrogen and oxygen atoms in total. The fourth-order valence-electron chi connectivity index (χ4n) is 2.58. The van der Waals surface area contributed by atoms with E-state index < -0.39 is 0 Å². The second-order valence-electron chi connectivity index (χ2n) is 6.48.